The molecule has 0 radical (unpaired) electrons. The van der Waals surface area contributed by atoms with Gasteiger partial charge < -0.3 is 10.3 Å². The Labute approximate surface area is 129 Å². The second kappa shape index (κ2) is 5.13. The quantitative estimate of drug-likeness (QED) is 0.698. The van der Waals surface area contributed by atoms with Gasteiger partial charge in [0.2, 0.25) is 5.88 Å². The molecule has 3 rings (SSSR count). The maximum Gasteiger partial charge on any atom is 0.230 e. The van der Waals surface area contributed by atoms with Crippen molar-refractivity contribution >= 4 is 40.4 Å². The van der Waals surface area contributed by atoms with Crippen molar-refractivity contribution < 1.29 is 4.52 Å². The van der Waals surface area contributed by atoms with E-state index < -0.39 is 0 Å². The molecule has 0 aliphatic rings. The highest BCUT2D eigenvalue weighted by atomic mass is 35.5. The fourth-order valence-electron chi connectivity index (χ4n) is 1.96. The first-order valence-corrected chi connectivity index (χ1v) is 7.41. The van der Waals surface area contributed by atoms with Gasteiger partial charge >= 0.3 is 0 Å². The maximum atomic E-state index is 6.06. The molecule has 0 fully saturated rings. The minimum Gasteiger partial charge on any atom is -0.367 e. The summed E-state index contributed by atoms with van der Waals surface area (Å²) in [4.78, 5) is 2.20. The Kier molecular flexibility index (Phi) is 3.46. The van der Waals surface area contributed by atoms with Gasteiger partial charge in [-0.2, -0.15) is 0 Å². The van der Waals surface area contributed by atoms with Crippen LogP contribution in [0, 0.1) is 6.92 Å². The summed E-state index contributed by atoms with van der Waals surface area (Å²) in [7, 11) is 0. The van der Waals surface area contributed by atoms with Crippen molar-refractivity contribution in [1.29, 1.82) is 0 Å². The summed E-state index contributed by atoms with van der Waals surface area (Å²) in [6.45, 7) is 2.04. The lowest BCUT2D eigenvalue weighted by Gasteiger charge is -2.03. The van der Waals surface area contributed by atoms with Gasteiger partial charge in [0.25, 0.3) is 0 Å². The first-order valence-electron chi connectivity index (χ1n) is 5.83. The molecule has 0 amide bonds. The molecule has 20 heavy (non-hydrogen) atoms. The molecule has 0 aliphatic heterocycles. The van der Waals surface area contributed by atoms with E-state index >= 15 is 0 Å². The number of aryl methyl sites for hydroxylation is 1. The lowest BCUT2D eigenvalue weighted by atomic mass is 10.0. The van der Waals surface area contributed by atoms with Gasteiger partial charge in [0.1, 0.15) is 5.69 Å². The van der Waals surface area contributed by atoms with Crippen LogP contribution in [-0.2, 0) is 0 Å². The van der Waals surface area contributed by atoms with Crippen molar-refractivity contribution in [3.8, 4) is 21.7 Å². The van der Waals surface area contributed by atoms with E-state index in [4.69, 9.17) is 33.5 Å². The molecule has 1 aromatic carbocycles. The molecule has 0 bridgehead atoms. The molecule has 2 heterocycles. The molecule has 3 aromatic rings. The van der Waals surface area contributed by atoms with Crippen LogP contribution in [0.25, 0.3) is 21.7 Å². The van der Waals surface area contributed by atoms with Crippen LogP contribution in [0.4, 0.5) is 5.88 Å². The number of rotatable bonds is 2. The average Bonchev–Trinajstić information content (AvgIpc) is 2.99. The summed E-state index contributed by atoms with van der Waals surface area (Å²) in [5, 5.41) is 5.03. The molecule has 0 aliphatic carbocycles. The summed E-state index contributed by atoms with van der Waals surface area (Å²) in [6.07, 6.45) is 0. The molecule has 102 valence electrons. The third kappa shape index (κ3) is 2.30. The number of hydrogen-bond donors (Lipinski definition) is 1. The van der Waals surface area contributed by atoms with Crippen LogP contribution in [-0.4, -0.2) is 5.16 Å². The monoisotopic (exact) mass is 324 g/mol. The minimum absolute atomic E-state index is 0.268. The van der Waals surface area contributed by atoms with Gasteiger partial charge in [-0.25, -0.2) is 0 Å². The van der Waals surface area contributed by atoms with Gasteiger partial charge in [0.15, 0.2) is 0 Å². The molecular formula is C14H10Cl2N2OS. The molecular weight excluding hydrogens is 315 g/mol. The van der Waals surface area contributed by atoms with E-state index in [-0.39, 0.29) is 5.88 Å². The number of thiophene rings is 1. The van der Waals surface area contributed by atoms with E-state index in [1.165, 1.54) is 4.88 Å². The predicted molar refractivity (Wildman–Crippen MR) is 84.4 cm³/mol. The van der Waals surface area contributed by atoms with Gasteiger partial charge in [0.05, 0.1) is 20.5 Å². The van der Waals surface area contributed by atoms with Crippen molar-refractivity contribution in [3.63, 3.8) is 0 Å². The number of benzene rings is 1. The first kappa shape index (κ1) is 13.5. The largest absolute Gasteiger partial charge is 0.367 e. The van der Waals surface area contributed by atoms with Gasteiger partial charge in [-0.15, -0.1) is 11.3 Å². The van der Waals surface area contributed by atoms with Crippen molar-refractivity contribution in [2.45, 2.75) is 6.92 Å². The molecule has 0 unspecified atom stereocenters. The fourth-order valence-corrected chi connectivity index (χ4v) is 3.12. The molecule has 0 saturated carbocycles. The number of aromatic nitrogens is 1. The van der Waals surface area contributed by atoms with Crippen molar-refractivity contribution in [2.24, 2.45) is 0 Å². The zero-order valence-electron chi connectivity index (χ0n) is 10.5. The topological polar surface area (TPSA) is 52.0 Å². The zero-order chi connectivity index (χ0) is 14.3. The Hall–Kier alpha value is -1.49. The molecule has 0 atom stereocenters. The summed E-state index contributed by atoms with van der Waals surface area (Å²) in [5.74, 6) is 0.268. The predicted octanol–water partition coefficient (Wildman–Crippen LogP) is 5.27. The summed E-state index contributed by atoms with van der Waals surface area (Å²) < 4.78 is 5.14. The maximum absolute atomic E-state index is 6.06. The number of nitrogen functional groups attached to an aromatic ring is 1. The van der Waals surface area contributed by atoms with Gasteiger partial charge in [-0.3, -0.25) is 0 Å². The highest BCUT2D eigenvalue weighted by molar-refractivity contribution is 7.15. The van der Waals surface area contributed by atoms with Gasteiger partial charge in [0, 0.05) is 4.88 Å². The summed E-state index contributed by atoms with van der Waals surface area (Å²) >= 11 is 13.6. The second-order valence-corrected chi connectivity index (χ2v) is 6.41. The lowest BCUT2D eigenvalue weighted by molar-refractivity contribution is 0.439. The number of anilines is 1. The van der Waals surface area contributed by atoms with E-state index in [1.54, 1.807) is 23.5 Å². The van der Waals surface area contributed by atoms with Crippen LogP contribution in [0.1, 0.15) is 4.88 Å². The molecule has 0 spiro atoms. The van der Waals surface area contributed by atoms with E-state index in [1.807, 2.05) is 25.1 Å². The average molecular weight is 325 g/mol. The van der Waals surface area contributed by atoms with Crippen molar-refractivity contribution in [3.05, 3.63) is 45.3 Å². The zero-order valence-corrected chi connectivity index (χ0v) is 12.8. The van der Waals surface area contributed by atoms with Gasteiger partial charge in [-0.1, -0.05) is 34.4 Å². The van der Waals surface area contributed by atoms with E-state index in [0.29, 0.717) is 10.0 Å². The lowest BCUT2D eigenvalue weighted by Crippen LogP contribution is -1.87. The summed E-state index contributed by atoms with van der Waals surface area (Å²) in [6, 6.07) is 9.37. The van der Waals surface area contributed by atoms with Crippen LogP contribution < -0.4 is 5.73 Å². The van der Waals surface area contributed by atoms with Crippen LogP contribution >= 0.6 is 34.5 Å². The van der Waals surface area contributed by atoms with Crippen LogP contribution in [0.3, 0.4) is 0 Å². The van der Waals surface area contributed by atoms with Gasteiger partial charge in [-0.05, 0) is 36.8 Å². The second-order valence-electron chi connectivity index (χ2n) is 4.31. The van der Waals surface area contributed by atoms with Crippen LogP contribution in [0.15, 0.2) is 34.9 Å². The Balaban J connectivity index is 2.18. The smallest absolute Gasteiger partial charge is 0.230 e. The highest BCUT2D eigenvalue weighted by Gasteiger charge is 2.19. The Morgan fingerprint density at radius 1 is 1.15 bits per heavy atom. The standard InChI is InChI=1S/C14H10Cl2N2OS/c1-7-2-5-11(20-7)13-12(14(17)19-18-13)8-3-4-9(15)10(16)6-8/h2-6H,17H2,1H3. The fraction of sp³-hybridized carbons (Fsp3) is 0.0714. The van der Waals surface area contributed by atoms with E-state index in [0.717, 1.165) is 21.7 Å². The minimum atomic E-state index is 0.268. The van der Waals surface area contributed by atoms with Crippen LogP contribution in [0.2, 0.25) is 10.0 Å². The van der Waals surface area contributed by atoms with Crippen LogP contribution in [0.5, 0.6) is 0 Å². The molecule has 6 heteroatoms. The van der Waals surface area contributed by atoms with E-state index in [2.05, 4.69) is 5.16 Å². The Morgan fingerprint density at radius 3 is 2.60 bits per heavy atom. The summed E-state index contributed by atoms with van der Waals surface area (Å²) in [5.41, 5.74) is 8.20. The number of halogens is 2. The molecule has 0 saturated heterocycles. The molecule has 3 nitrogen and oxygen atoms in total. The third-order valence-electron chi connectivity index (χ3n) is 2.90. The van der Waals surface area contributed by atoms with Crippen molar-refractivity contribution in [1.82, 2.24) is 5.16 Å². The van der Waals surface area contributed by atoms with E-state index in [9.17, 15) is 0 Å². The first-order chi connectivity index (χ1) is 9.56. The molecule has 2 aromatic heterocycles. The molecule has 2 N–H and O–H groups in total. The number of hydrogen-bond acceptors (Lipinski definition) is 4. The van der Waals surface area contributed by atoms with Crippen molar-refractivity contribution in [2.75, 3.05) is 5.73 Å². The number of nitrogens with zero attached hydrogens (tertiary/aromatic N) is 1. The number of nitrogens with two attached hydrogens (primary N) is 1. The Bertz CT molecular complexity index is 779. The third-order valence-corrected chi connectivity index (χ3v) is 4.65. The normalized spacial score (nSPS) is 10.9. The Morgan fingerprint density at radius 2 is 1.95 bits per heavy atom. The highest BCUT2D eigenvalue weighted by Crippen LogP contribution is 2.40. The SMILES string of the molecule is Cc1ccc(-c2noc(N)c2-c2ccc(Cl)c(Cl)c2)s1.